The van der Waals surface area contributed by atoms with E-state index in [1.54, 1.807) is 0 Å². The topological polar surface area (TPSA) is 104 Å². The van der Waals surface area contributed by atoms with E-state index in [-0.39, 0.29) is 0 Å². The highest BCUT2D eigenvalue weighted by Gasteiger charge is 2.25. The number of hydrogen-bond acceptors (Lipinski definition) is 7. The molecule has 0 spiro atoms. The van der Waals surface area contributed by atoms with Gasteiger partial charge in [-0.15, -0.1) is 0 Å². The minimum Gasteiger partial charge on any atom is -0.463 e. The summed E-state index contributed by atoms with van der Waals surface area (Å²) in [6.45, 7) is 6.21. The number of nitrogen functional groups attached to an aromatic ring is 1. The second-order valence-corrected chi connectivity index (χ2v) is 7.61. The average molecular weight is 462 g/mol. The SMILES string of the molecule is CCC.CNc1ccc(-n2c3c(c4ncnc(N)c42)COC3)cc1.O=COCc1ccccc1. The van der Waals surface area contributed by atoms with Crippen molar-refractivity contribution in [2.45, 2.75) is 40.1 Å². The first-order valence-corrected chi connectivity index (χ1v) is 11.2. The Balaban J connectivity index is 0.000000209. The third kappa shape index (κ3) is 5.71. The van der Waals surface area contributed by atoms with Crippen molar-refractivity contribution >= 4 is 29.0 Å². The summed E-state index contributed by atoms with van der Waals surface area (Å²) in [5.74, 6) is 0.493. The number of carbonyl (C=O) groups is 1. The minimum atomic E-state index is 0.365. The number of rotatable bonds is 5. The van der Waals surface area contributed by atoms with Gasteiger partial charge in [0.1, 0.15) is 24.0 Å². The molecule has 3 heterocycles. The molecule has 4 aromatic rings. The van der Waals surface area contributed by atoms with Crippen molar-refractivity contribution in [3.8, 4) is 5.69 Å². The number of nitrogens with two attached hydrogens (primary N) is 1. The van der Waals surface area contributed by atoms with E-state index in [1.807, 2.05) is 49.5 Å². The van der Waals surface area contributed by atoms with Crippen LogP contribution in [0.1, 0.15) is 37.1 Å². The standard InChI is InChI=1S/C15H15N5O.C8H8O2.C3H8/c1-17-9-2-4-10(5-3-9)20-12-7-21-6-11(12)13-14(20)15(16)19-8-18-13;9-7-10-6-8-4-2-1-3-5-8;1-3-2/h2-5,8,17H,6-7H2,1H3,(H2,16,18,19);1-5,7H,6H2;3H2,1-2H3. The molecule has 1 aliphatic rings. The molecule has 3 N–H and O–H groups in total. The molecule has 0 fully saturated rings. The fourth-order valence-corrected chi connectivity index (χ4v) is 3.56. The number of carbonyl (C=O) groups excluding carboxylic acids is 1. The van der Waals surface area contributed by atoms with Crippen LogP contribution in [0.3, 0.4) is 0 Å². The Labute approximate surface area is 199 Å². The number of aromatic nitrogens is 3. The molecule has 2 aromatic heterocycles. The number of fused-ring (bicyclic) bond motifs is 3. The van der Waals surface area contributed by atoms with Crippen molar-refractivity contribution in [3.05, 3.63) is 77.7 Å². The molecule has 0 bridgehead atoms. The van der Waals surface area contributed by atoms with Gasteiger partial charge in [0.15, 0.2) is 5.82 Å². The molecule has 1 aliphatic heterocycles. The van der Waals surface area contributed by atoms with E-state index in [9.17, 15) is 4.79 Å². The maximum atomic E-state index is 9.76. The molecule has 5 rings (SSSR count). The number of ether oxygens (including phenoxy) is 2. The van der Waals surface area contributed by atoms with E-state index in [0.29, 0.717) is 32.1 Å². The van der Waals surface area contributed by atoms with Crippen LogP contribution in [0.4, 0.5) is 11.5 Å². The quantitative estimate of drug-likeness (QED) is 0.409. The maximum absolute atomic E-state index is 9.76. The van der Waals surface area contributed by atoms with Crippen LogP contribution in [0, 0.1) is 0 Å². The van der Waals surface area contributed by atoms with E-state index in [1.165, 1.54) is 12.7 Å². The largest absolute Gasteiger partial charge is 0.463 e. The first kappa shape index (κ1) is 24.7. The fraction of sp³-hybridized carbons (Fsp3) is 0.269. The third-order valence-electron chi connectivity index (χ3n) is 5.04. The van der Waals surface area contributed by atoms with Gasteiger partial charge in [0.2, 0.25) is 0 Å². The van der Waals surface area contributed by atoms with Crippen LogP contribution in [-0.2, 0) is 34.1 Å². The first-order chi connectivity index (χ1) is 16.6. The van der Waals surface area contributed by atoms with E-state index in [4.69, 9.17) is 10.5 Å². The van der Waals surface area contributed by atoms with Crippen LogP contribution >= 0.6 is 0 Å². The Morgan fingerprint density at radius 3 is 2.44 bits per heavy atom. The molecule has 178 valence electrons. The van der Waals surface area contributed by atoms with Crippen LogP contribution < -0.4 is 11.1 Å². The highest BCUT2D eigenvalue weighted by molar-refractivity contribution is 5.91. The number of nitrogens with one attached hydrogen (secondary N) is 1. The van der Waals surface area contributed by atoms with Crippen molar-refractivity contribution in [2.75, 3.05) is 18.1 Å². The average Bonchev–Trinajstić information content (AvgIpc) is 3.46. The number of benzene rings is 2. The van der Waals surface area contributed by atoms with Crippen LogP contribution in [0.25, 0.3) is 16.7 Å². The molecular weight excluding hydrogens is 430 g/mol. The van der Waals surface area contributed by atoms with Crippen LogP contribution in [0.2, 0.25) is 0 Å². The maximum Gasteiger partial charge on any atom is 0.293 e. The summed E-state index contributed by atoms with van der Waals surface area (Å²) in [5, 5.41) is 3.12. The molecule has 0 amide bonds. The normalized spacial score (nSPS) is 11.5. The molecular formula is C26H31N5O3. The summed E-state index contributed by atoms with van der Waals surface area (Å²) in [6.07, 6.45) is 2.75. The molecule has 0 unspecified atom stereocenters. The second kappa shape index (κ2) is 12.4. The molecule has 8 nitrogen and oxygen atoms in total. The van der Waals surface area contributed by atoms with Crippen LogP contribution in [0.15, 0.2) is 60.9 Å². The van der Waals surface area contributed by atoms with E-state index in [0.717, 1.165) is 39.2 Å². The molecule has 34 heavy (non-hydrogen) atoms. The van der Waals surface area contributed by atoms with Crippen molar-refractivity contribution in [3.63, 3.8) is 0 Å². The smallest absolute Gasteiger partial charge is 0.293 e. The minimum absolute atomic E-state index is 0.365. The Hall–Kier alpha value is -3.91. The van der Waals surface area contributed by atoms with E-state index < -0.39 is 0 Å². The second-order valence-electron chi connectivity index (χ2n) is 7.61. The summed E-state index contributed by atoms with van der Waals surface area (Å²) >= 11 is 0. The predicted octanol–water partition coefficient (Wildman–Crippen LogP) is 4.85. The number of nitrogens with zero attached hydrogens (tertiary/aromatic N) is 3. The molecule has 0 aliphatic carbocycles. The van der Waals surface area contributed by atoms with Gasteiger partial charge in [-0.1, -0.05) is 50.6 Å². The predicted molar refractivity (Wildman–Crippen MR) is 135 cm³/mol. The zero-order valence-corrected chi connectivity index (χ0v) is 19.8. The lowest BCUT2D eigenvalue weighted by atomic mass is 10.2. The lowest BCUT2D eigenvalue weighted by molar-refractivity contribution is -0.129. The summed E-state index contributed by atoms with van der Waals surface area (Å²) in [7, 11) is 1.90. The van der Waals surface area contributed by atoms with Crippen molar-refractivity contribution in [1.29, 1.82) is 0 Å². The van der Waals surface area contributed by atoms with Gasteiger partial charge in [0, 0.05) is 24.0 Å². The van der Waals surface area contributed by atoms with E-state index >= 15 is 0 Å². The van der Waals surface area contributed by atoms with Crippen LogP contribution in [0.5, 0.6) is 0 Å². The van der Waals surface area contributed by atoms with Gasteiger partial charge >= 0.3 is 0 Å². The summed E-state index contributed by atoms with van der Waals surface area (Å²) in [6, 6.07) is 17.7. The molecule has 0 saturated carbocycles. The molecule has 0 saturated heterocycles. The fourth-order valence-electron chi connectivity index (χ4n) is 3.56. The van der Waals surface area contributed by atoms with Crippen molar-refractivity contribution in [2.24, 2.45) is 0 Å². The summed E-state index contributed by atoms with van der Waals surface area (Å²) < 4.78 is 12.2. The van der Waals surface area contributed by atoms with Gasteiger partial charge in [-0.25, -0.2) is 9.97 Å². The third-order valence-corrected chi connectivity index (χ3v) is 5.04. The zero-order chi connectivity index (χ0) is 24.3. The Kier molecular flexibility index (Phi) is 8.99. The van der Waals surface area contributed by atoms with Gasteiger partial charge in [-0.05, 0) is 29.8 Å². The monoisotopic (exact) mass is 461 g/mol. The molecule has 8 heteroatoms. The van der Waals surface area contributed by atoms with Gasteiger partial charge in [0.25, 0.3) is 6.47 Å². The molecule has 0 atom stereocenters. The lowest BCUT2D eigenvalue weighted by Crippen LogP contribution is -2.03. The van der Waals surface area contributed by atoms with Crippen molar-refractivity contribution < 1.29 is 14.3 Å². The summed E-state index contributed by atoms with van der Waals surface area (Å²) in [4.78, 5) is 18.3. The highest BCUT2D eigenvalue weighted by Crippen LogP contribution is 2.35. The first-order valence-electron chi connectivity index (χ1n) is 11.2. The molecule has 2 aromatic carbocycles. The van der Waals surface area contributed by atoms with Gasteiger partial charge in [-0.2, -0.15) is 0 Å². The van der Waals surface area contributed by atoms with Gasteiger partial charge < -0.3 is 25.1 Å². The van der Waals surface area contributed by atoms with Crippen LogP contribution in [-0.4, -0.2) is 28.1 Å². The zero-order valence-electron chi connectivity index (χ0n) is 19.8. The van der Waals surface area contributed by atoms with Crippen molar-refractivity contribution in [1.82, 2.24) is 14.5 Å². The lowest BCUT2D eigenvalue weighted by Gasteiger charge is -2.11. The van der Waals surface area contributed by atoms with E-state index in [2.05, 4.69) is 50.6 Å². The molecule has 0 radical (unpaired) electrons. The number of hydrogen-bond donors (Lipinski definition) is 2. The Bertz CT molecular complexity index is 1190. The van der Waals surface area contributed by atoms with Gasteiger partial charge in [-0.3, -0.25) is 4.79 Å². The Morgan fingerprint density at radius 1 is 1.09 bits per heavy atom. The highest BCUT2D eigenvalue weighted by atomic mass is 16.5. The number of anilines is 2. The Morgan fingerprint density at radius 2 is 1.79 bits per heavy atom. The summed E-state index contributed by atoms with van der Waals surface area (Å²) in [5.41, 5.74) is 13.2. The van der Waals surface area contributed by atoms with Gasteiger partial charge in [0.05, 0.1) is 18.9 Å².